The second-order valence-corrected chi connectivity index (χ2v) is 5.58. The van der Waals surface area contributed by atoms with Crippen LogP contribution >= 0.6 is 11.6 Å². The minimum atomic E-state index is -0.0517. The maximum Gasteiger partial charge on any atom is 0.237 e. The third-order valence-corrected chi connectivity index (χ3v) is 3.82. The SMILES string of the molecule is C[C@H](NC(=O)C1CCCCCN1)c1cccc(Cl)c1. The monoisotopic (exact) mass is 280 g/mol. The summed E-state index contributed by atoms with van der Waals surface area (Å²) in [5.41, 5.74) is 1.04. The van der Waals surface area contributed by atoms with Gasteiger partial charge >= 0.3 is 0 Å². The molecule has 1 aliphatic rings. The molecule has 1 fully saturated rings. The Kier molecular flexibility index (Phi) is 5.23. The third kappa shape index (κ3) is 4.22. The zero-order valence-corrected chi connectivity index (χ0v) is 12.0. The number of amides is 1. The zero-order valence-electron chi connectivity index (χ0n) is 11.3. The first-order chi connectivity index (χ1) is 9.16. The zero-order chi connectivity index (χ0) is 13.7. The lowest BCUT2D eigenvalue weighted by Gasteiger charge is -2.20. The van der Waals surface area contributed by atoms with E-state index in [9.17, 15) is 4.79 Å². The van der Waals surface area contributed by atoms with Crippen LogP contribution in [0.3, 0.4) is 0 Å². The van der Waals surface area contributed by atoms with Gasteiger partial charge in [-0.05, 0) is 44.0 Å². The summed E-state index contributed by atoms with van der Waals surface area (Å²) in [7, 11) is 0. The molecule has 0 bridgehead atoms. The van der Waals surface area contributed by atoms with E-state index in [1.165, 1.54) is 6.42 Å². The second kappa shape index (κ2) is 6.92. The van der Waals surface area contributed by atoms with E-state index < -0.39 is 0 Å². The van der Waals surface area contributed by atoms with Gasteiger partial charge in [0, 0.05) is 5.02 Å². The highest BCUT2D eigenvalue weighted by Crippen LogP contribution is 2.18. The minimum absolute atomic E-state index is 0.0174. The first-order valence-electron chi connectivity index (χ1n) is 6.96. The Balaban J connectivity index is 1.94. The van der Waals surface area contributed by atoms with E-state index >= 15 is 0 Å². The Bertz CT molecular complexity index is 428. The molecule has 4 heteroatoms. The van der Waals surface area contributed by atoms with Gasteiger partial charge in [-0.15, -0.1) is 0 Å². The van der Waals surface area contributed by atoms with Crippen molar-refractivity contribution < 1.29 is 4.79 Å². The summed E-state index contributed by atoms with van der Waals surface area (Å²) in [4.78, 5) is 12.2. The van der Waals surface area contributed by atoms with Crippen LogP contribution in [0.25, 0.3) is 0 Å². The van der Waals surface area contributed by atoms with Crippen LogP contribution in [-0.4, -0.2) is 18.5 Å². The van der Waals surface area contributed by atoms with E-state index in [4.69, 9.17) is 11.6 Å². The van der Waals surface area contributed by atoms with Gasteiger partial charge in [0.25, 0.3) is 0 Å². The van der Waals surface area contributed by atoms with E-state index in [1.807, 2.05) is 31.2 Å². The summed E-state index contributed by atoms with van der Waals surface area (Å²) >= 11 is 5.97. The molecule has 0 spiro atoms. The average molecular weight is 281 g/mol. The summed E-state index contributed by atoms with van der Waals surface area (Å²) in [6, 6.07) is 7.56. The molecule has 1 aromatic carbocycles. The molecule has 2 N–H and O–H groups in total. The molecule has 1 heterocycles. The molecule has 0 saturated carbocycles. The van der Waals surface area contributed by atoms with Crippen LogP contribution in [0.5, 0.6) is 0 Å². The molecule has 1 unspecified atom stereocenters. The molecule has 0 aliphatic carbocycles. The number of halogens is 1. The first kappa shape index (κ1) is 14.4. The third-order valence-electron chi connectivity index (χ3n) is 3.58. The van der Waals surface area contributed by atoms with Crippen LogP contribution in [0.1, 0.15) is 44.2 Å². The molecule has 0 radical (unpaired) electrons. The Labute approximate surface area is 119 Å². The van der Waals surface area contributed by atoms with E-state index in [2.05, 4.69) is 10.6 Å². The van der Waals surface area contributed by atoms with E-state index in [-0.39, 0.29) is 18.0 Å². The Morgan fingerprint density at radius 1 is 1.42 bits per heavy atom. The Hall–Kier alpha value is -1.06. The summed E-state index contributed by atoms with van der Waals surface area (Å²) in [6.45, 7) is 2.92. The van der Waals surface area contributed by atoms with Gasteiger partial charge in [0.1, 0.15) is 0 Å². The van der Waals surface area contributed by atoms with Gasteiger partial charge in [0.2, 0.25) is 5.91 Å². The van der Waals surface area contributed by atoms with Crippen molar-refractivity contribution >= 4 is 17.5 Å². The van der Waals surface area contributed by atoms with Crippen molar-refractivity contribution in [3.63, 3.8) is 0 Å². The molecular formula is C15H21ClN2O. The molecule has 3 nitrogen and oxygen atoms in total. The normalized spacial score (nSPS) is 21.5. The van der Waals surface area contributed by atoms with Crippen LogP contribution in [0.15, 0.2) is 24.3 Å². The molecule has 2 rings (SSSR count). The lowest BCUT2D eigenvalue weighted by atomic mass is 10.1. The quantitative estimate of drug-likeness (QED) is 0.893. The highest BCUT2D eigenvalue weighted by Gasteiger charge is 2.21. The molecule has 1 saturated heterocycles. The van der Waals surface area contributed by atoms with Gasteiger partial charge in [-0.25, -0.2) is 0 Å². The molecule has 1 aromatic rings. The maximum absolute atomic E-state index is 12.2. The van der Waals surface area contributed by atoms with Crippen molar-refractivity contribution in [1.82, 2.24) is 10.6 Å². The molecule has 19 heavy (non-hydrogen) atoms. The van der Waals surface area contributed by atoms with Crippen molar-refractivity contribution in [2.45, 2.75) is 44.7 Å². The van der Waals surface area contributed by atoms with Gasteiger partial charge in [0.05, 0.1) is 12.1 Å². The second-order valence-electron chi connectivity index (χ2n) is 5.14. The predicted octanol–water partition coefficient (Wildman–Crippen LogP) is 3.05. The van der Waals surface area contributed by atoms with Crippen molar-refractivity contribution in [3.8, 4) is 0 Å². The van der Waals surface area contributed by atoms with Crippen LogP contribution in [0.2, 0.25) is 5.02 Å². The van der Waals surface area contributed by atoms with Gasteiger partial charge in [-0.2, -0.15) is 0 Å². The van der Waals surface area contributed by atoms with Crippen LogP contribution in [-0.2, 0) is 4.79 Å². The molecular weight excluding hydrogens is 260 g/mol. The largest absolute Gasteiger partial charge is 0.348 e. The topological polar surface area (TPSA) is 41.1 Å². The molecule has 2 atom stereocenters. The minimum Gasteiger partial charge on any atom is -0.348 e. The number of carbonyl (C=O) groups excluding carboxylic acids is 1. The molecule has 0 aromatic heterocycles. The number of benzene rings is 1. The van der Waals surface area contributed by atoms with Crippen molar-refractivity contribution in [2.75, 3.05) is 6.54 Å². The molecule has 1 aliphatic heterocycles. The van der Waals surface area contributed by atoms with Gasteiger partial charge in [-0.3, -0.25) is 4.79 Å². The fourth-order valence-electron chi connectivity index (χ4n) is 2.43. The smallest absolute Gasteiger partial charge is 0.237 e. The number of hydrogen-bond donors (Lipinski definition) is 2. The predicted molar refractivity (Wildman–Crippen MR) is 78.3 cm³/mol. The number of rotatable bonds is 3. The Morgan fingerprint density at radius 2 is 2.26 bits per heavy atom. The van der Waals surface area contributed by atoms with Crippen LogP contribution < -0.4 is 10.6 Å². The lowest BCUT2D eigenvalue weighted by molar-refractivity contribution is -0.123. The number of nitrogens with one attached hydrogen (secondary N) is 2. The van der Waals surface area contributed by atoms with Crippen LogP contribution in [0, 0.1) is 0 Å². The van der Waals surface area contributed by atoms with Gasteiger partial charge in [0.15, 0.2) is 0 Å². The summed E-state index contributed by atoms with van der Waals surface area (Å²) < 4.78 is 0. The molecule has 104 valence electrons. The highest BCUT2D eigenvalue weighted by atomic mass is 35.5. The average Bonchev–Trinajstić information content (AvgIpc) is 2.67. The molecule has 1 amide bonds. The highest BCUT2D eigenvalue weighted by molar-refractivity contribution is 6.30. The van der Waals surface area contributed by atoms with Crippen molar-refractivity contribution in [3.05, 3.63) is 34.9 Å². The van der Waals surface area contributed by atoms with E-state index in [0.29, 0.717) is 5.02 Å². The number of carbonyl (C=O) groups is 1. The van der Waals surface area contributed by atoms with E-state index in [0.717, 1.165) is 31.4 Å². The summed E-state index contributed by atoms with van der Waals surface area (Å²) in [6.07, 6.45) is 4.42. The number of hydrogen-bond acceptors (Lipinski definition) is 2. The van der Waals surface area contributed by atoms with Gasteiger partial charge in [-0.1, -0.05) is 36.6 Å². The van der Waals surface area contributed by atoms with E-state index in [1.54, 1.807) is 0 Å². The van der Waals surface area contributed by atoms with Crippen LogP contribution in [0.4, 0.5) is 0 Å². The summed E-state index contributed by atoms with van der Waals surface area (Å²) in [5, 5.41) is 7.07. The van der Waals surface area contributed by atoms with Crippen molar-refractivity contribution in [1.29, 1.82) is 0 Å². The fourth-order valence-corrected chi connectivity index (χ4v) is 2.62. The Morgan fingerprint density at radius 3 is 3.05 bits per heavy atom. The van der Waals surface area contributed by atoms with Gasteiger partial charge < -0.3 is 10.6 Å². The maximum atomic E-state index is 12.2. The fraction of sp³-hybridized carbons (Fsp3) is 0.533. The standard InChI is InChI=1S/C15H21ClN2O/c1-11(12-6-5-7-13(16)10-12)18-15(19)14-8-3-2-4-9-17-14/h5-7,10-11,14,17H,2-4,8-9H2,1H3,(H,18,19)/t11-,14?/m0/s1. The lowest BCUT2D eigenvalue weighted by Crippen LogP contribution is -2.44. The summed E-state index contributed by atoms with van der Waals surface area (Å²) in [5.74, 6) is 0.0920. The van der Waals surface area contributed by atoms with Crippen molar-refractivity contribution in [2.24, 2.45) is 0 Å². The first-order valence-corrected chi connectivity index (χ1v) is 7.34.